The van der Waals surface area contributed by atoms with E-state index in [0.29, 0.717) is 24.5 Å². The van der Waals surface area contributed by atoms with Gasteiger partial charge >= 0.3 is 0 Å². The molecule has 0 spiro atoms. The van der Waals surface area contributed by atoms with Gasteiger partial charge in [-0.25, -0.2) is 8.42 Å². The molecule has 3 heterocycles. The molecule has 0 amide bonds. The highest BCUT2D eigenvalue weighted by Crippen LogP contribution is 2.30. The quantitative estimate of drug-likeness (QED) is 0.868. The predicted octanol–water partition coefficient (Wildman–Crippen LogP) is 0.686. The lowest BCUT2D eigenvalue weighted by atomic mass is 10.2. The Hall–Kier alpha value is -0.890. The second kappa shape index (κ2) is 5.72. The zero-order valence-corrected chi connectivity index (χ0v) is 13.4. The van der Waals surface area contributed by atoms with Gasteiger partial charge in [0.2, 0.25) is 10.0 Å². The van der Waals surface area contributed by atoms with Crippen LogP contribution in [0.25, 0.3) is 0 Å². The average Bonchev–Trinajstić information content (AvgIpc) is 2.99. The summed E-state index contributed by atoms with van der Waals surface area (Å²) >= 11 is 0. The number of morpholine rings is 1. The summed E-state index contributed by atoms with van der Waals surface area (Å²) in [6.07, 6.45) is 3.79. The van der Waals surface area contributed by atoms with Gasteiger partial charge in [-0.15, -0.1) is 0 Å². The Kier molecular flexibility index (Phi) is 4.09. The summed E-state index contributed by atoms with van der Waals surface area (Å²) < 4.78 is 34.8. The molecule has 0 saturated carbocycles. The molecule has 1 aromatic heterocycles. The van der Waals surface area contributed by atoms with Gasteiger partial charge in [0.1, 0.15) is 4.90 Å². The minimum Gasteiger partial charge on any atom is -0.372 e. The summed E-state index contributed by atoms with van der Waals surface area (Å²) in [4.78, 5) is 0.388. The van der Waals surface area contributed by atoms with Crippen LogP contribution in [0.15, 0.2) is 17.2 Å². The van der Waals surface area contributed by atoms with Crippen LogP contribution in [0.2, 0.25) is 0 Å². The number of fused-ring (bicyclic) bond motifs is 2. The number of nitrogens with zero attached hydrogens (tertiary/aromatic N) is 2. The molecule has 1 aromatic rings. The van der Waals surface area contributed by atoms with Gasteiger partial charge < -0.3 is 14.6 Å². The van der Waals surface area contributed by atoms with Gasteiger partial charge in [0.05, 0.1) is 12.2 Å². The number of aromatic nitrogens is 1. The van der Waals surface area contributed by atoms with Crippen molar-refractivity contribution in [2.24, 2.45) is 7.05 Å². The number of hydrogen-bond donors (Lipinski definition) is 1. The van der Waals surface area contributed by atoms with Crippen LogP contribution in [0.4, 0.5) is 0 Å². The van der Waals surface area contributed by atoms with Gasteiger partial charge in [-0.3, -0.25) is 0 Å². The third-order valence-corrected chi connectivity index (χ3v) is 6.08. The Morgan fingerprint density at radius 1 is 1.33 bits per heavy atom. The predicted molar refractivity (Wildman–Crippen MR) is 79.4 cm³/mol. The van der Waals surface area contributed by atoms with E-state index in [1.807, 2.05) is 18.5 Å². The van der Waals surface area contributed by atoms with Crippen LogP contribution in [0.5, 0.6) is 0 Å². The molecular formula is C14H23N3O3S. The fourth-order valence-corrected chi connectivity index (χ4v) is 4.67. The molecule has 2 atom stereocenters. The highest BCUT2D eigenvalue weighted by Gasteiger charge is 2.39. The van der Waals surface area contributed by atoms with Crippen molar-refractivity contribution >= 4 is 10.0 Å². The van der Waals surface area contributed by atoms with Crippen LogP contribution in [0.1, 0.15) is 25.5 Å². The van der Waals surface area contributed by atoms with E-state index < -0.39 is 10.0 Å². The molecule has 2 bridgehead atoms. The Morgan fingerprint density at radius 3 is 2.62 bits per heavy atom. The third kappa shape index (κ3) is 2.88. The molecule has 7 heteroatoms. The Bertz CT molecular complexity index is 599. The summed E-state index contributed by atoms with van der Waals surface area (Å²) in [5, 5.41) is 3.22. The lowest BCUT2D eigenvalue weighted by Gasteiger charge is -2.30. The number of ether oxygens (including phenoxy) is 1. The van der Waals surface area contributed by atoms with Crippen molar-refractivity contribution in [2.75, 3.05) is 19.6 Å². The number of aryl methyl sites for hydroxylation is 1. The molecule has 3 rings (SSSR count). The van der Waals surface area contributed by atoms with Gasteiger partial charge in [0.15, 0.2) is 0 Å². The van der Waals surface area contributed by atoms with E-state index in [1.54, 1.807) is 16.6 Å². The molecule has 118 valence electrons. The van der Waals surface area contributed by atoms with Crippen LogP contribution in [0, 0.1) is 0 Å². The standard InChI is InChI=1S/C14H23N3O3S/c1-3-15-7-11-6-14(10-16(11)2)21(18,19)17-8-12-4-5-13(9-17)20-12/h6,10,12-13,15H,3-5,7-9H2,1-2H3. The summed E-state index contributed by atoms with van der Waals surface area (Å²) in [7, 11) is -1.53. The van der Waals surface area contributed by atoms with Crippen molar-refractivity contribution in [3.05, 3.63) is 18.0 Å². The largest absolute Gasteiger partial charge is 0.372 e. The van der Waals surface area contributed by atoms with E-state index in [-0.39, 0.29) is 12.2 Å². The topological polar surface area (TPSA) is 63.6 Å². The van der Waals surface area contributed by atoms with Crippen molar-refractivity contribution in [1.82, 2.24) is 14.2 Å². The van der Waals surface area contributed by atoms with Gasteiger partial charge in [0, 0.05) is 38.6 Å². The molecule has 0 radical (unpaired) electrons. The summed E-state index contributed by atoms with van der Waals surface area (Å²) in [6, 6.07) is 1.77. The Morgan fingerprint density at radius 2 is 2.00 bits per heavy atom. The zero-order chi connectivity index (χ0) is 15.0. The first kappa shape index (κ1) is 15.0. The smallest absolute Gasteiger partial charge is 0.244 e. The number of rotatable bonds is 5. The molecule has 2 aliphatic rings. The van der Waals surface area contributed by atoms with E-state index >= 15 is 0 Å². The number of nitrogens with one attached hydrogen (secondary N) is 1. The van der Waals surface area contributed by atoms with E-state index in [9.17, 15) is 8.42 Å². The fourth-order valence-electron chi connectivity index (χ4n) is 3.07. The Labute approximate surface area is 126 Å². The van der Waals surface area contributed by atoms with Crippen molar-refractivity contribution < 1.29 is 13.2 Å². The van der Waals surface area contributed by atoms with Crippen LogP contribution in [-0.4, -0.2) is 49.1 Å². The lowest BCUT2D eigenvalue weighted by molar-refractivity contribution is -0.0114. The SMILES string of the molecule is CCNCc1cc(S(=O)(=O)N2CC3CCC(C2)O3)cn1C. The minimum absolute atomic E-state index is 0.0727. The maximum Gasteiger partial charge on any atom is 0.244 e. The monoisotopic (exact) mass is 313 g/mol. The van der Waals surface area contributed by atoms with Gasteiger partial charge in [0.25, 0.3) is 0 Å². The maximum atomic E-state index is 12.8. The average molecular weight is 313 g/mol. The molecule has 6 nitrogen and oxygen atoms in total. The summed E-state index contributed by atoms with van der Waals surface area (Å²) in [5.74, 6) is 0. The summed E-state index contributed by atoms with van der Waals surface area (Å²) in [6.45, 7) is 4.54. The van der Waals surface area contributed by atoms with Gasteiger partial charge in [-0.1, -0.05) is 6.92 Å². The fraction of sp³-hybridized carbons (Fsp3) is 0.714. The van der Waals surface area contributed by atoms with E-state index in [2.05, 4.69) is 5.32 Å². The molecule has 2 fully saturated rings. The van der Waals surface area contributed by atoms with E-state index in [4.69, 9.17) is 4.74 Å². The number of hydrogen-bond acceptors (Lipinski definition) is 4. The molecule has 0 aromatic carbocycles. The molecule has 2 aliphatic heterocycles. The molecule has 21 heavy (non-hydrogen) atoms. The van der Waals surface area contributed by atoms with Crippen LogP contribution < -0.4 is 5.32 Å². The molecule has 1 N–H and O–H groups in total. The normalized spacial score (nSPS) is 26.4. The first-order chi connectivity index (χ1) is 10.0. The van der Waals surface area contributed by atoms with E-state index in [1.165, 1.54) is 0 Å². The maximum absolute atomic E-state index is 12.8. The Balaban J connectivity index is 1.81. The van der Waals surface area contributed by atoms with Crippen molar-refractivity contribution in [1.29, 1.82) is 0 Å². The first-order valence-corrected chi connectivity index (χ1v) is 8.96. The second-order valence-electron chi connectivity index (χ2n) is 5.84. The van der Waals surface area contributed by atoms with E-state index in [0.717, 1.165) is 25.1 Å². The van der Waals surface area contributed by atoms with Gasteiger partial charge in [-0.05, 0) is 25.5 Å². The summed E-state index contributed by atoms with van der Waals surface area (Å²) in [5.41, 5.74) is 0.978. The molecule has 2 unspecified atom stereocenters. The third-order valence-electron chi connectivity index (χ3n) is 4.29. The zero-order valence-electron chi connectivity index (χ0n) is 12.6. The first-order valence-electron chi connectivity index (χ1n) is 7.52. The van der Waals surface area contributed by atoms with Crippen molar-refractivity contribution in [3.63, 3.8) is 0 Å². The van der Waals surface area contributed by atoms with Crippen LogP contribution >= 0.6 is 0 Å². The molecule has 0 aliphatic carbocycles. The van der Waals surface area contributed by atoms with Crippen LogP contribution in [-0.2, 0) is 28.4 Å². The lowest BCUT2D eigenvalue weighted by Crippen LogP contribution is -2.45. The van der Waals surface area contributed by atoms with Crippen molar-refractivity contribution in [2.45, 2.75) is 43.4 Å². The number of sulfonamides is 1. The van der Waals surface area contributed by atoms with Crippen molar-refractivity contribution in [3.8, 4) is 0 Å². The second-order valence-corrected chi connectivity index (χ2v) is 7.78. The molecule has 2 saturated heterocycles. The molecular weight excluding hydrogens is 290 g/mol. The highest BCUT2D eigenvalue weighted by atomic mass is 32.2. The highest BCUT2D eigenvalue weighted by molar-refractivity contribution is 7.89. The van der Waals surface area contributed by atoms with Gasteiger partial charge in [-0.2, -0.15) is 4.31 Å². The van der Waals surface area contributed by atoms with Crippen LogP contribution in [0.3, 0.4) is 0 Å². The minimum atomic E-state index is -3.41.